The average molecular weight is 530 g/mol. The lowest BCUT2D eigenvalue weighted by Gasteiger charge is -2.28. The third-order valence-electron chi connectivity index (χ3n) is 6.70. The van der Waals surface area contributed by atoms with E-state index in [-0.39, 0.29) is 24.6 Å². The van der Waals surface area contributed by atoms with Gasteiger partial charge in [0.15, 0.2) is 0 Å². The Labute approximate surface area is 229 Å². The number of likely N-dealkylation sites (tertiary alicyclic amines) is 1. The Morgan fingerprint density at radius 2 is 1.62 bits per heavy atom. The number of benzene rings is 3. The number of rotatable bonds is 9. The van der Waals surface area contributed by atoms with E-state index in [9.17, 15) is 14.4 Å². The lowest BCUT2D eigenvalue weighted by Crippen LogP contribution is -2.36. The lowest BCUT2D eigenvalue weighted by molar-refractivity contribution is -0.142. The van der Waals surface area contributed by atoms with E-state index < -0.39 is 6.09 Å². The van der Waals surface area contributed by atoms with Crippen LogP contribution in [0, 0.1) is 0 Å². The zero-order chi connectivity index (χ0) is 27.6. The summed E-state index contributed by atoms with van der Waals surface area (Å²) in [5.74, 6) is -0.531. The highest BCUT2D eigenvalue weighted by molar-refractivity contribution is 5.94. The number of nitrogens with one attached hydrogen (secondary N) is 2. The highest BCUT2D eigenvalue weighted by atomic mass is 16.6. The van der Waals surface area contributed by atoms with Crippen molar-refractivity contribution in [1.29, 1.82) is 0 Å². The number of amides is 2. The fraction of sp³-hybridized carbons (Fsp3) is 0.323. The topological polar surface area (TPSA) is 97.0 Å². The molecule has 0 unspecified atom stereocenters. The van der Waals surface area contributed by atoms with Crippen LogP contribution in [0.4, 0.5) is 10.5 Å². The van der Waals surface area contributed by atoms with Crippen LogP contribution in [0.5, 0.6) is 0 Å². The van der Waals surface area contributed by atoms with Gasteiger partial charge in [-0.2, -0.15) is 0 Å². The summed E-state index contributed by atoms with van der Waals surface area (Å²) in [6, 6.07) is 22.8. The number of hydrogen-bond donors (Lipinski definition) is 2. The molecule has 0 atom stereocenters. The molecule has 2 N–H and O–H groups in total. The number of carbonyl (C=O) groups is 3. The molecule has 8 nitrogen and oxygen atoms in total. The van der Waals surface area contributed by atoms with Crippen molar-refractivity contribution in [2.24, 2.45) is 0 Å². The van der Waals surface area contributed by atoms with Gasteiger partial charge in [-0.25, -0.2) is 4.79 Å². The molecule has 8 heteroatoms. The van der Waals surface area contributed by atoms with Crippen LogP contribution in [0.2, 0.25) is 0 Å². The molecular formula is C31H35N3O5. The van der Waals surface area contributed by atoms with Crippen molar-refractivity contribution in [3.63, 3.8) is 0 Å². The molecule has 3 aromatic carbocycles. The van der Waals surface area contributed by atoms with Crippen molar-refractivity contribution in [3.8, 4) is 11.1 Å². The quantitative estimate of drug-likeness (QED) is 0.378. The zero-order valence-corrected chi connectivity index (χ0v) is 22.4. The normalized spacial score (nSPS) is 13.9. The summed E-state index contributed by atoms with van der Waals surface area (Å²) in [4.78, 5) is 38.6. The molecule has 0 spiro atoms. The summed E-state index contributed by atoms with van der Waals surface area (Å²) < 4.78 is 10.7. The molecule has 0 aromatic heterocycles. The highest BCUT2D eigenvalue weighted by Crippen LogP contribution is 2.29. The van der Waals surface area contributed by atoms with Gasteiger partial charge >= 0.3 is 12.1 Å². The van der Waals surface area contributed by atoms with Crippen LogP contribution in [0.1, 0.15) is 41.3 Å². The minimum atomic E-state index is -0.454. The van der Waals surface area contributed by atoms with E-state index in [1.165, 1.54) is 6.92 Å². The predicted octanol–water partition coefficient (Wildman–Crippen LogP) is 5.03. The summed E-state index contributed by atoms with van der Waals surface area (Å²) in [6.45, 7) is 3.79. The molecule has 3 aromatic rings. The molecule has 1 fully saturated rings. The van der Waals surface area contributed by atoms with Gasteiger partial charge in [0.1, 0.15) is 12.7 Å². The maximum Gasteiger partial charge on any atom is 0.411 e. The second-order valence-corrected chi connectivity index (χ2v) is 9.76. The number of ether oxygens (including phenoxy) is 2. The predicted molar refractivity (Wildman–Crippen MR) is 150 cm³/mol. The van der Waals surface area contributed by atoms with E-state index in [4.69, 9.17) is 9.47 Å². The summed E-state index contributed by atoms with van der Waals surface area (Å²) in [7, 11) is 2.07. The standard InChI is InChI=1S/C31H35N3O5/c1-22(35)38-21-24-8-11-26(12-9-24)30(36)32-17-14-23-10-13-28(25-6-4-3-5-7-25)29(20-23)33-31(37)39-27-15-18-34(2)19-16-27/h3-13,20,27H,14-19,21H2,1-2H3,(H,32,36)(H,33,37). The van der Waals surface area contributed by atoms with E-state index in [0.29, 0.717) is 24.2 Å². The SMILES string of the molecule is CC(=O)OCc1ccc(C(=O)NCCc2ccc(-c3ccccc3)c(NC(=O)OC3CCN(C)CC3)c2)cc1. The molecule has 0 saturated carbocycles. The van der Waals surface area contributed by atoms with E-state index >= 15 is 0 Å². The molecule has 204 valence electrons. The Morgan fingerprint density at radius 3 is 2.31 bits per heavy atom. The molecule has 0 aliphatic carbocycles. The van der Waals surface area contributed by atoms with E-state index in [2.05, 4.69) is 22.6 Å². The van der Waals surface area contributed by atoms with Crippen LogP contribution in [0.15, 0.2) is 72.8 Å². The number of nitrogens with zero attached hydrogens (tertiary/aromatic N) is 1. The monoisotopic (exact) mass is 529 g/mol. The maximum absolute atomic E-state index is 12.8. The van der Waals surface area contributed by atoms with Crippen LogP contribution >= 0.6 is 0 Å². The van der Waals surface area contributed by atoms with Gasteiger partial charge in [0.2, 0.25) is 0 Å². The van der Waals surface area contributed by atoms with Crippen LogP contribution in [0.3, 0.4) is 0 Å². The van der Waals surface area contributed by atoms with Crippen LogP contribution in [-0.4, -0.2) is 55.7 Å². The fourth-order valence-corrected chi connectivity index (χ4v) is 4.47. The maximum atomic E-state index is 12.8. The Hall–Kier alpha value is -4.17. The van der Waals surface area contributed by atoms with E-state index in [0.717, 1.165) is 48.2 Å². The number of hydrogen-bond acceptors (Lipinski definition) is 6. The fourth-order valence-electron chi connectivity index (χ4n) is 4.47. The summed E-state index contributed by atoms with van der Waals surface area (Å²) in [5, 5.41) is 5.90. The molecule has 4 rings (SSSR count). The summed E-state index contributed by atoms with van der Waals surface area (Å²) in [5.41, 5.74) is 4.88. The minimum Gasteiger partial charge on any atom is -0.461 e. The second-order valence-electron chi connectivity index (χ2n) is 9.76. The number of esters is 1. The second kappa shape index (κ2) is 13.6. The Morgan fingerprint density at radius 1 is 0.923 bits per heavy atom. The smallest absolute Gasteiger partial charge is 0.411 e. The first-order chi connectivity index (χ1) is 18.9. The minimum absolute atomic E-state index is 0.0875. The Balaban J connectivity index is 1.37. The van der Waals surface area contributed by atoms with Crippen molar-refractivity contribution < 1.29 is 23.9 Å². The molecule has 0 bridgehead atoms. The van der Waals surface area contributed by atoms with Crippen LogP contribution in [0.25, 0.3) is 11.1 Å². The Kier molecular flexibility index (Phi) is 9.69. The van der Waals surface area contributed by atoms with Crippen LogP contribution < -0.4 is 10.6 Å². The van der Waals surface area contributed by atoms with Gasteiger partial charge in [0, 0.05) is 37.7 Å². The van der Waals surface area contributed by atoms with Gasteiger partial charge in [0.05, 0.1) is 5.69 Å². The molecule has 0 radical (unpaired) electrons. The number of carbonyl (C=O) groups excluding carboxylic acids is 3. The number of anilines is 1. The van der Waals surface area contributed by atoms with Gasteiger partial charge in [-0.05, 0) is 61.2 Å². The summed E-state index contributed by atoms with van der Waals surface area (Å²) in [6.07, 6.45) is 1.69. The molecule has 1 heterocycles. The summed E-state index contributed by atoms with van der Waals surface area (Å²) >= 11 is 0. The zero-order valence-electron chi connectivity index (χ0n) is 22.4. The van der Waals surface area contributed by atoms with Gasteiger partial charge in [0.25, 0.3) is 5.91 Å². The van der Waals surface area contributed by atoms with Gasteiger partial charge in [-0.3, -0.25) is 14.9 Å². The average Bonchev–Trinajstić information content (AvgIpc) is 2.94. The third-order valence-corrected chi connectivity index (χ3v) is 6.70. The first-order valence-corrected chi connectivity index (χ1v) is 13.2. The van der Waals surface area contributed by atoms with Crippen LogP contribution in [-0.2, 0) is 27.3 Å². The number of piperidine rings is 1. The van der Waals surface area contributed by atoms with Crippen molar-refractivity contribution in [1.82, 2.24) is 10.2 Å². The molecule has 39 heavy (non-hydrogen) atoms. The lowest BCUT2D eigenvalue weighted by atomic mass is 10.0. The molecule has 1 saturated heterocycles. The van der Waals surface area contributed by atoms with E-state index in [1.807, 2.05) is 48.5 Å². The molecule has 1 aliphatic heterocycles. The van der Waals surface area contributed by atoms with Crippen molar-refractivity contribution in [2.45, 2.75) is 38.9 Å². The van der Waals surface area contributed by atoms with Gasteiger partial charge in [-0.15, -0.1) is 0 Å². The largest absolute Gasteiger partial charge is 0.461 e. The first kappa shape index (κ1) is 27.9. The molecule has 1 aliphatic rings. The van der Waals surface area contributed by atoms with Crippen molar-refractivity contribution >= 4 is 23.7 Å². The highest BCUT2D eigenvalue weighted by Gasteiger charge is 2.21. The third kappa shape index (κ3) is 8.41. The van der Waals surface area contributed by atoms with E-state index in [1.54, 1.807) is 24.3 Å². The molecular weight excluding hydrogens is 494 g/mol. The first-order valence-electron chi connectivity index (χ1n) is 13.2. The Bertz CT molecular complexity index is 1270. The van der Waals surface area contributed by atoms with Crippen molar-refractivity contribution in [3.05, 3.63) is 89.5 Å². The van der Waals surface area contributed by atoms with Gasteiger partial charge < -0.3 is 19.7 Å². The molecule has 2 amide bonds. The van der Waals surface area contributed by atoms with Gasteiger partial charge in [-0.1, -0.05) is 54.6 Å². The van der Waals surface area contributed by atoms with Crippen molar-refractivity contribution in [2.75, 3.05) is 32.0 Å².